The van der Waals surface area contributed by atoms with Crippen molar-refractivity contribution in [3.63, 3.8) is 0 Å². The lowest BCUT2D eigenvalue weighted by Gasteiger charge is -2.32. The largest absolute Gasteiger partial charge is 0.424 e. The first-order chi connectivity index (χ1) is 9.36. The quantitative estimate of drug-likeness (QED) is 0.853. The van der Waals surface area contributed by atoms with E-state index in [1.165, 1.54) is 44.9 Å². The van der Waals surface area contributed by atoms with Gasteiger partial charge in [0.1, 0.15) is 0 Å². The van der Waals surface area contributed by atoms with Crippen LogP contribution in [-0.2, 0) is 6.54 Å². The highest BCUT2D eigenvalue weighted by atomic mass is 16.4. The maximum absolute atomic E-state index is 9.24. The first kappa shape index (κ1) is 13.1. The van der Waals surface area contributed by atoms with E-state index in [2.05, 4.69) is 15.1 Å². The van der Waals surface area contributed by atoms with Crippen LogP contribution in [0.3, 0.4) is 0 Å². The molecule has 0 amide bonds. The third kappa shape index (κ3) is 3.34. The van der Waals surface area contributed by atoms with Gasteiger partial charge in [-0.3, -0.25) is 4.90 Å². The smallest absolute Gasteiger partial charge is 0.230 e. The number of hydrogen-bond donors (Lipinski definition) is 1. The van der Waals surface area contributed by atoms with E-state index in [1.807, 2.05) is 0 Å². The molecule has 2 aliphatic rings. The Morgan fingerprint density at radius 2 is 1.89 bits per heavy atom. The molecule has 2 saturated carbocycles. The molecule has 1 aromatic heterocycles. The van der Waals surface area contributed by atoms with Gasteiger partial charge in [0.15, 0.2) is 0 Å². The van der Waals surface area contributed by atoms with Gasteiger partial charge in [-0.05, 0) is 25.7 Å². The van der Waals surface area contributed by atoms with E-state index in [4.69, 9.17) is 4.42 Å². The van der Waals surface area contributed by atoms with Crippen LogP contribution in [0.5, 0.6) is 0 Å². The second-order valence-electron chi connectivity index (χ2n) is 5.79. The van der Waals surface area contributed by atoms with Crippen molar-refractivity contribution in [1.82, 2.24) is 15.1 Å². The van der Waals surface area contributed by atoms with Crippen LogP contribution < -0.4 is 0 Å². The zero-order chi connectivity index (χ0) is 13.1. The number of rotatable bonds is 6. The van der Waals surface area contributed by atoms with E-state index in [1.54, 1.807) is 0 Å². The number of nitrogens with zero attached hydrogens (tertiary/aromatic N) is 3. The van der Waals surface area contributed by atoms with Gasteiger partial charge in [-0.2, -0.15) is 0 Å². The summed E-state index contributed by atoms with van der Waals surface area (Å²) in [6.45, 7) is 1.58. The van der Waals surface area contributed by atoms with Crippen LogP contribution in [0.1, 0.15) is 62.6 Å². The van der Waals surface area contributed by atoms with Gasteiger partial charge in [0, 0.05) is 18.5 Å². The van der Waals surface area contributed by atoms with Gasteiger partial charge in [-0.15, -0.1) is 10.2 Å². The molecular formula is C14H23N3O2. The maximum atomic E-state index is 9.24. The van der Waals surface area contributed by atoms with E-state index in [0.717, 1.165) is 5.89 Å². The highest BCUT2D eigenvalue weighted by Crippen LogP contribution is 2.39. The molecule has 106 valence electrons. The number of hydrogen-bond acceptors (Lipinski definition) is 5. The fourth-order valence-corrected chi connectivity index (χ4v) is 2.96. The monoisotopic (exact) mass is 265 g/mol. The van der Waals surface area contributed by atoms with Crippen molar-refractivity contribution in [1.29, 1.82) is 0 Å². The van der Waals surface area contributed by atoms with Gasteiger partial charge >= 0.3 is 0 Å². The molecule has 19 heavy (non-hydrogen) atoms. The highest BCUT2D eigenvalue weighted by Gasteiger charge is 2.30. The van der Waals surface area contributed by atoms with E-state index in [-0.39, 0.29) is 6.61 Å². The summed E-state index contributed by atoms with van der Waals surface area (Å²) < 4.78 is 5.73. The molecule has 2 fully saturated rings. The molecule has 5 nitrogen and oxygen atoms in total. The van der Waals surface area contributed by atoms with Crippen LogP contribution in [0.15, 0.2) is 4.42 Å². The van der Waals surface area contributed by atoms with Gasteiger partial charge in [0.05, 0.1) is 13.2 Å². The van der Waals surface area contributed by atoms with E-state index >= 15 is 0 Å². The maximum Gasteiger partial charge on any atom is 0.230 e. The van der Waals surface area contributed by atoms with Crippen molar-refractivity contribution in [3.8, 4) is 0 Å². The molecule has 0 saturated heterocycles. The van der Waals surface area contributed by atoms with Crippen LogP contribution in [-0.4, -0.2) is 39.4 Å². The second-order valence-corrected chi connectivity index (χ2v) is 5.79. The summed E-state index contributed by atoms with van der Waals surface area (Å²) in [4.78, 5) is 2.31. The molecular weight excluding hydrogens is 242 g/mol. The molecule has 0 unspecified atom stereocenters. The van der Waals surface area contributed by atoms with Crippen LogP contribution in [0.4, 0.5) is 0 Å². The first-order valence-electron chi connectivity index (χ1n) is 7.54. The zero-order valence-corrected chi connectivity index (χ0v) is 11.4. The van der Waals surface area contributed by atoms with Crippen LogP contribution >= 0.6 is 0 Å². The minimum atomic E-state index is 0.195. The fourth-order valence-electron chi connectivity index (χ4n) is 2.96. The van der Waals surface area contributed by atoms with Crippen molar-refractivity contribution < 1.29 is 9.52 Å². The SMILES string of the molecule is OCCN(Cc1nnc(C2CC2)o1)C1CCCCC1. The van der Waals surface area contributed by atoms with Crippen molar-refractivity contribution in [2.75, 3.05) is 13.2 Å². The summed E-state index contributed by atoms with van der Waals surface area (Å²) >= 11 is 0. The molecule has 1 N–H and O–H groups in total. The molecule has 0 atom stereocenters. The minimum Gasteiger partial charge on any atom is -0.424 e. The third-order valence-electron chi connectivity index (χ3n) is 4.23. The summed E-state index contributed by atoms with van der Waals surface area (Å²) in [5.41, 5.74) is 0. The number of aromatic nitrogens is 2. The molecule has 3 rings (SSSR count). The lowest BCUT2D eigenvalue weighted by atomic mass is 9.94. The molecule has 0 radical (unpaired) electrons. The average Bonchev–Trinajstić information content (AvgIpc) is 3.20. The molecule has 1 aromatic rings. The van der Waals surface area contributed by atoms with Crippen LogP contribution in [0.2, 0.25) is 0 Å². The van der Waals surface area contributed by atoms with E-state index in [9.17, 15) is 5.11 Å². The molecule has 5 heteroatoms. The van der Waals surface area contributed by atoms with Gasteiger partial charge in [0.25, 0.3) is 0 Å². The Labute approximate surface area is 114 Å². The minimum absolute atomic E-state index is 0.195. The van der Waals surface area contributed by atoms with Crippen LogP contribution in [0.25, 0.3) is 0 Å². The summed E-state index contributed by atoms with van der Waals surface area (Å²) in [5.74, 6) is 2.03. The van der Waals surface area contributed by atoms with Crippen molar-refractivity contribution in [2.45, 2.75) is 63.5 Å². The Bertz CT molecular complexity index is 397. The summed E-state index contributed by atoms with van der Waals surface area (Å²) in [6, 6.07) is 0.567. The van der Waals surface area contributed by atoms with Crippen molar-refractivity contribution in [3.05, 3.63) is 11.8 Å². The Balaban J connectivity index is 1.61. The van der Waals surface area contributed by atoms with Crippen molar-refractivity contribution >= 4 is 0 Å². The predicted molar refractivity (Wildman–Crippen MR) is 70.6 cm³/mol. The summed E-state index contributed by atoms with van der Waals surface area (Å²) in [5, 5.41) is 17.5. The Morgan fingerprint density at radius 1 is 1.11 bits per heavy atom. The van der Waals surface area contributed by atoms with E-state index < -0.39 is 0 Å². The molecule has 2 aliphatic carbocycles. The standard InChI is InChI=1S/C14H23N3O2/c18-9-8-17(12-4-2-1-3-5-12)10-13-15-16-14(19-13)11-6-7-11/h11-12,18H,1-10H2. The lowest BCUT2D eigenvalue weighted by molar-refractivity contribution is 0.107. The predicted octanol–water partition coefficient (Wildman–Crippen LogP) is 2.07. The van der Waals surface area contributed by atoms with Crippen molar-refractivity contribution in [2.24, 2.45) is 0 Å². The fraction of sp³-hybridized carbons (Fsp3) is 0.857. The molecule has 0 bridgehead atoms. The Kier molecular flexibility index (Phi) is 4.13. The molecule has 0 spiro atoms. The normalized spacial score (nSPS) is 21.2. The van der Waals surface area contributed by atoms with Gasteiger partial charge in [-0.1, -0.05) is 19.3 Å². The molecule has 0 aliphatic heterocycles. The van der Waals surface area contributed by atoms with Gasteiger partial charge in [0.2, 0.25) is 11.8 Å². The number of aliphatic hydroxyl groups excluding tert-OH is 1. The molecule has 1 heterocycles. The average molecular weight is 265 g/mol. The Hall–Kier alpha value is -0.940. The van der Waals surface area contributed by atoms with Gasteiger partial charge < -0.3 is 9.52 Å². The second kappa shape index (κ2) is 6.01. The molecule has 0 aromatic carbocycles. The number of aliphatic hydroxyl groups is 1. The van der Waals surface area contributed by atoms with Gasteiger partial charge in [-0.25, -0.2) is 0 Å². The van der Waals surface area contributed by atoms with E-state index in [0.29, 0.717) is 30.9 Å². The Morgan fingerprint density at radius 3 is 2.58 bits per heavy atom. The lowest BCUT2D eigenvalue weighted by Crippen LogP contribution is -2.38. The first-order valence-corrected chi connectivity index (χ1v) is 7.54. The summed E-state index contributed by atoms with van der Waals surface area (Å²) in [6.07, 6.45) is 8.76. The third-order valence-corrected chi connectivity index (χ3v) is 4.23. The zero-order valence-electron chi connectivity index (χ0n) is 11.4. The van der Waals surface area contributed by atoms with Crippen LogP contribution in [0, 0.1) is 0 Å². The summed E-state index contributed by atoms with van der Waals surface area (Å²) in [7, 11) is 0. The topological polar surface area (TPSA) is 62.4 Å². The highest BCUT2D eigenvalue weighted by molar-refractivity contribution is 5.00.